The summed E-state index contributed by atoms with van der Waals surface area (Å²) in [6.07, 6.45) is 3.00. The second-order valence-electron chi connectivity index (χ2n) is 7.53. The van der Waals surface area contributed by atoms with E-state index in [1.54, 1.807) is 29.2 Å². The summed E-state index contributed by atoms with van der Waals surface area (Å²) in [5, 5.41) is 3.12. The average Bonchev–Trinajstić information content (AvgIpc) is 2.78. The van der Waals surface area contributed by atoms with Crippen molar-refractivity contribution in [2.24, 2.45) is 0 Å². The molecule has 1 aliphatic heterocycles. The number of carbonyl (C=O) groups is 2. The summed E-state index contributed by atoms with van der Waals surface area (Å²) in [5.41, 5.74) is 0.740. The summed E-state index contributed by atoms with van der Waals surface area (Å²) in [4.78, 5) is 40.3. The van der Waals surface area contributed by atoms with Crippen molar-refractivity contribution in [1.29, 1.82) is 0 Å². The third-order valence-electron chi connectivity index (χ3n) is 5.40. The van der Waals surface area contributed by atoms with Crippen molar-refractivity contribution in [3.63, 3.8) is 0 Å². The number of halogens is 2. The fourth-order valence-corrected chi connectivity index (χ4v) is 4.04. The minimum Gasteiger partial charge on any atom is -0.339 e. The van der Waals surface area contributed by atoms with Crippen molar-refractivity contribution in [1.82, 2.24) is 9.47 Å². The fourth-order valence-electron chi connectivity index (χ4n) is 3.86. The molecule has 8 heteroatoms. The van der Waals surface area contributed by atoms with Gasteiger partial charge in [0.2, 0.25) is 5.91 Å². The quantitative estimate of drug-likeness (QED) is 0.663. The molecule has 1 aliphatic rings. The van der Waals surface area contributed by atoms with Gasteiger partial charge in [-0.05, 0) is 43.5 Å². The Hall–Kier alpha value is -3.19. The number of rotatable bonds is 4. The first-order chi connectivity index (χ1) is 14.9. The SMILES string of the molecule is O=C(Cn1c(=O)cc(C(=O)N2CCCCC2)c2ccccc21)Nc1ccc(F)c(Cl)c1. The van der Waals surface area contributed by atoms with Gasteiger partial charge in [0, 0.05) is 30.2 Å². The molecule has 6 nitrogen and oxygen atoms in total. The van der Waals surface area contributed by atoms with Gasteiger partial charge in [0.15, 0.2) is 0 Å². The Balaban J connectivity index is 1.65. The first-order valence-corrected chi connectivity index (χ1v) is 10.5. The van der Waals surface area contributed by atoms with Gasteiger partial charge in [-0.15, -0.1) is 0 Å². The lowest BCUT2D eigenvalue weighted by molar-refractivity contribution is -0.116. The molecule has 1 saturated heterocycles. The highest BCUT2D eigenvalue weighted by Gasteiger charge is 2.22. The van der Waals surface area contributed by atoms with Gasteiger partial charge >= 0.3 is 0 Å². The minimum atomic E-state index is -0.587. The minimum absolute atomic E-state index is 0.110. The van der Waals surface area contributed by atoms with Crippen LogP contribution in [0.5, 0.6) is 0 Å². The van der Waals surface area contributed by atoms with Gasteiger partial charge in [0.05, 0.1) is 16.1 Å². The maximum Gasteiger partial charge on any atom is 0.254 e. The van der Waals surface area contributed by atoms with E-state index in [0.717, 1.165) is 25.3 Å². The van der Waals surface area contributed by atoms with Crippen LogP contribution in [0.4, 0.5) is 10.1 Å². The van der Waals surface area contributed by atoms with Crippen molar-refractivity contribution < 1.29 is 14.0 Å². The van der Waals surface area contributed by atoms with Crippen molar-refractivity contribution in [3.05, 3.63) is 75.3 Å². The van der Waals surface area contributed by atoms with E-state index >= 15 is 0 Å². The molecule has 0 radical (unpaired) electrons. The van der Waals surface area contributed by atoms with Crippen LogP contribution in [0.25, 0.3) is 10.9 Å². The first kappa shape index (κ1) is 21.1. The van der Waals surface area contributed by atoms with Gasteiger partial charge in [0.1, 0.15) is 12.4 Å². The number of aromatic nitrogens is 1. The van der Waals surface area contributed by atoms with Crippen LogP contribution in [0.15, 0.2) is 53.3 Å². The Bertz CT molecular complexity index is 1220. The number of anilines is 1. The molecule has 3 aromatic rings. The van der Waals surface area contributed by atoms with Crippen LogP contribution in [-0.2, 0) is 11.3 Å². The van der Waals surface area contributed by atoms with Crippen LogP contribution >= 0.6 is 11.6 Å². The lowest BCUT2D eigenvalue weighted by Gasteiger charge is -2.27. The summed E-state index contributed by atoms with van der Waals surface area (Å²) in [7, 11) is 0. The fraction of sp³-hybridized carbons (Fsp3) is 0.261. The Morgan fingerprint density at radius 2 is 1.77 bits per heavy atom. The smallest absolute Gasteiger partial charge is 0.254 e. The Kier molecular flexibility index (Phi) is 6.04. The van der Waals surface area contributed by atoms with Crippen molar-refractivity contribution in [3.8, 4) is 0 Å². The van der Waals surface area contributed by atoms with Crippen molar-refractivity contribution in [2.75, 3.05) is 18.4 Å². The van der Waals surface area contributed by atoms with Gasteiger partial charge in [-0.2, -0.15) is 0 Å². The molecule has 1 N–H and O–H groups in total. The van der Waals surface area contributed by atoms with Gasteiger partial charge in [-0.25, -0.2) is 4.39 Å². The standard InChI is InChI=1S/C23H21ClFN3O3/c24-18-12-15(8-9-19(18)25)26-21(29)14-28-20-7-3-2-6-16(20)17(13-22(28)30)23(31)27-10-4-1-5-11-27/h2-3,6-9,12-13H,1,4-5,10-11,14H2,(H,26,29). The molecule has 2 heterocycles. The molecule has 0 aliphatic carbocycles. The zero-order chi connectivity index (χ0) is 22.0. The van der Waals surface area contributed by atoms with Crippen LogP contribution in [-0.4, -0.2) is 34.4 Å². The Morgan fingerprint density at radius 3 is 2.52 bits per heavy atom. The molecule has 4 rings (SSSR count). The van der Waals surface area contributed by atoms with E-state index in [9.17, 15) is 18.8 Å². The molecule has 0 saturated carbocycles. The molecule has 2 amide bonds. The van der Waals surface area contributed by atoms with Crippen LogP contribution in [0.1, 0.15) is 29.6 Å². The molecule has 0 atom stereocenters. The van der Waals surface area contributed by atoms with Gasteiger partial charge in [-0.1, -0.05) is 29.8 Å². The summed E-state index contributed by atoms with van der Waals surface area (Å²) in [5.74, 6) is -1.22. The normalized spacial score (nSPS) is 13.9. The summed E-state index contributed by atoms with van der Waals surface area (Å²) in [6, 6.07) is 12.2. The number of fused-ring (bicyclic) bond motifs is 1. The van der Waals surface area contributed by atoms with E-state index in [1.807, 2.05) is 0 Å². The van der Waals surface area contributed by atoms with Crippen LogP contribution < -0.4 is 10.9 Å². The zero-order valence-corrected chi connectivity index (χ0v) is 17.5. The first-order valence-electron chi connectivity index (χ1n) is 10.1. The van der Waals surface area contributed by atoms with Crippen molar-refractivity contribution >= 4 is 40.0 Å². The molecule has 1 aromatic heterocycles. The Morgan fingerprint density at radius 1 is 1.03 bits per heavy atom. The highest BCUT2D eigenvalue weighted by molar-refractivity contribution is 6.31. The lowest BCUT2D eigenvalue weighted by atomic mass is 10.0. The van der Waals surface area contributed by atoms with E-state index in [4.69, 9.17) is 11.6 Å². The summed E-state index contributed by atoms with van der Waals surface area (Å²) in [6.45, 7) is 1.10. The van der Waals surface area contributed by atoms with E-state index in [2.05, 4.69) is 5.32 Å². The predicted molar refractivity (Wildman–Crippen MR) is 118 cm³/mol. The number of carbonyl (C=O) groups excluding carboxylic acids is 2. The number of para-hydroxylation sites is 1. The lowest BCUT2D eigenvalue weighted by Crippen LogP contribution is -2.37. The molecule has 2 aromatic carbocycles. The van der Waals surface area contributed by atoms with E-state index in [1.165, 1.54) is 22.8 Å². The van der Waals surface area contributed by atoms with Crippen molar-refractivity contribution in [2.45, 2.75) is 25.8 Å². The predicted octanol–water partition coefficient (Wildman–Crippen LogP) is 4.06. The number of amides is 2. The molecular formula is C23H21ClFN3O3. The van der Waals surface area contributed by atoms with Gasteiger partial charge in [-0.3, -0.25) is 19.0 Å². The van der Waals surface area contributed by atoms with Gasteiger partial charge < -0.3 is 10.2 Å². The number of hydrogen-bond acceptors (Lipinski definition) is 3. The van der Waals surface area contributed by atoms with Crippen LogP contribution in [0.2, 0.25) is 5.02 Å². The number of hydrogen-bond donors (Lipinski definition) is 1. The second kappa shape index (κ2) is 8.89. The molecule has 0 unspecified atom stereocenters. The number of nitrogens with one attached hydrogen (secondary N) is 1. The number of benzene rings is 2. The van der Waals surface area contributed by atoms with E-state index in [-0.39, 0.29) is 17.5 Å². The second-order valence-corrected chi connectivity index (χ2v) is 7.94. The molecular weight excluding hydrogens is 421 g/mol. The highest BCUT2D eigenvalue weighted by atomic mass is 35.5. The largest absolute Gasteiger partial charge is 0.339 e. The molecule has 160 valence electrons. The number of likely N-dealkylation sites (tertiary alicyclic amines) is 1. The molecule has 31 heavy (non-hydrogen) atoms. The number of pyridine rings is 1. The number of piperidine rings is 1. The third-order valence-corrected chi connectivity index (χ3v) is 5.69. The molecule has 0 spiro atoms. The average molecular weight is 442 g/mol. The summed E-state index contributed by atoms with van der Waals surface area (Å²) < 4.78 is 14.6. The third kappa shape index (κ3) is 4.46. The molecule has 1 fully saturated rings. The van der Waals surface area contributed by atoms with Crippen LogP contribution in [0.3, 0.4) is 0 Å². The van der Waals surface area contributed by atoms with Gasteiger partial charge in [0.25, 0.3) is 11.5 Å². The Labute approximate surface area is 183 Å². The highest BCUT2D eigenvalue weighted by Crippen LogP contribution is 2.22. The summed E-state index contributed by atoms with van der Waals surface area (Å²) >= 11 is 5.75. The van der Waals surface area contributed by atoms with Crippen LogP contribution in [0, 0.1) is 5.82 Å². The maximum absolute atomic E-state index is 13.3. The monoisotopic (exact) mass is 441 g/mol. The topological polar surface area (TPSA) is 71.4 Å². The van der Waals surface area contributed by atoms with E-state index in [0.29, 0.717) is 35.2 Å². The molecule has 0 bridgehead atoms. The van der Waals surface area contributed by atoms with E-state index < -0.39 is 17.3 Å². The maximum atomic E-state index is 13.3. The number of nitrogens with zero attached hydrogens (tertiary/aromatic N) is 2. The zero-order valence-electron chi connectivity index (χ0n) is 16.7.